The molecule has 0 saturated heterocycles. The number of rotatable bonds is 10. The van der Waals surface area contributed by atoms with Crippen molar-refractivity contribution in [3.63, 3.8) is 0 Å². The fourth-order valence-corrected chi connectivity index (χ4v) is 2.13. The second kappa shape index (κ2) is 10.2. The van der Waals surface area contributed by atoms with Crippen LogP contribution >= 0.6 is 0 Å². The molecule has 0 aromatic heterocycles. The lowest BCUT2D eigenvalue weighted by Gasteiger charge is -2.15. The van der Waals surface area contributed by atoms with Crippen LogP contribution in [0.2, 0.25) is 0 Å². The Labute approximate surface area is 139 Å². The van der Waals surface area contributed by atoms with E-state index in [0.29, 0.717) is 37.9 Å². The quantitative estimate of drug-likeness (QED) is 0.719. The maximum atomic E-state index is 12.3. The van der Waals surface area contributed by atoms with Gasteiger partial charge in [0.15, 0.2) is 0 Å². The van der Waals surface area contributed by atoms with Gasteiger partial charge in [-0.3, -0.25) is 4.79 Å². The molecule has 1 unspecified atom stereocenters. The maximum Gasteiger partial charge on any atom is 0.251 e. The molecule has 5 heteroatoms. The second-order valence-electron chi connectivity index (χ2n) is 5.99. The summed E-state index contributed by atoms with van der Waals surface area (Å²) in [5, 5.41) is 2.90. The van der Waals surface area contributed by atoms with E-state index in [1.165, 1.54) is 0 Å². The number of hydrogen-bond donors (Lipinski definition) is 1. The molecule has 1 amide bonds. The zero-order valence-electron chi connectivity index (χ0n) is 14.8. The van der Waals surface area contributed by atoms with Crippen molar-refractivity contribution in [3.05, 3.63) is 29.3 Å². The van der Waals surface area contributed by atoms with Gasteiger partial charge in [0.05, 0.1) is 19.8 Å². The van der Waals surface area contributed by atoms with E-state index in [2.05, 4.69) is 19.2 Å². The van der Waals surface area contributed by atoms with Crippen LogP contribution in [0.5, 0.6) is 5.75 Å². The Bertz CT molecular complexity index is 488. The molecular formula is C18H29NO4. The first-order valence-corrected chi connectivity index (χ1v) is 8.11. The minimum Gasteiger partial charge on any atom is -0.494 e. The number of methoxy groups -OCH3 is 1. The van der Waals surface area contributed by atoms with Crippen LogP contribution in [0, 0.1) is 5.92 Å². The summed E-state index contributed by atoms with van der Waals surface area (Å²) in [5.41, 5.74) is 1.49. The molecule has 23 heavy (non-hydrogen) atoms. The number of benzene rings is 1. The molecule has 1 aromatic carbocycles. The van der Waals surface area contributed by atoms with Gasteiger partial charge < -0.3 is 19.5 Å². The molecule has 1 rings (SSSR count). The van der Waals surface area contributed by atoms with Gasteiger partial charge >= 0.3 is 0 Å². The predicted octanol–water partition coefficient (Wildman–Crippen LogP) is 3.02. The molecule has 5 nitrogen and oxygen atoms in total. The van der Waals surface area contributed by atoms with Crippen LogP contribution in [0.4, 0.5) is 0 Å². The van der Waals surface area contributed by atoms with Crippen molar-refractivity contribution in [2.75, 3.05) is 26.9 Å². The molecule has 0 aliphatic heterocycles. The van der Waals surface area contributed by atoms with Crippen molar-refractivity contribution in [1.82, 2.24) is 5.32 Å². The third-order valence-corrected chi connectivity index (χ3v) is 3.13. The molecule has 0 radical (unpaired) electrons. The molecule has 0 saturated carbocycles. The fraction of sp³-hybridized carbons (Fsp3) is 0.611. The largest absolute Gasteiger partial charge is 0.494 e. The summed E-state index contributed by atoms with van der Waals surface area (Å²) in [4.78, 5) is 12.3. The number of carbonyl (C=O) groups is 1. The molecule has 0 aliphatic rings. The van der Waals surface area contributed by atoms with Crippen molar-refractivity contribution in [2.45, 2.75) is 40.3 Å². The lowest BCUT2D eigenvalue weighted by Crippen LogP contribution is -2.35. The smallest absolute Gasteiger partial charge is 0.251 e. The number of ether oxygens (including phenoxy) is 3. The Balaban J connectivity index is 2.82. The highest BCUT2D eigenvalue weighted by Gasteiger charge is 2.13. The van der Waals surface area contributed by atoms with Crippen LogP contribution < -0.4 is 10.1 Å². The first-order valence-electron chi connectivity index (χ1n) is 8.11. The SMILES string of the molecule is CCOc1ccc(C(=O)NC(C)COC)cc1COCC(C)C. The summed E-state index contributed by atoms with van der Waals surface area (Å²) in [6, 6.07) is 5.39. The average Bonchev–Trinajstić information content (AvgIpc) is 2.48. The average molecular weight is 323 g/mol. The highest BCUT2D eigenvalue weighted by atomic mass is 16.5. The highest BCUT2D eigenvalue weighted by molar-refractivity contribution is 5.94. The molecule has 1 aromatic rings. The Morgan fingerprint density at radius 1 is 1.22 bits per heavy atom. The van der Waals surface area contributed by atoms with Gasteiger partial charge in [-0.05, 0) is 38.0 Å². The monoisotopic (exact) mass is 323 g/mol. The van der Waals surface area contributed by atoms with Crippen LogP contribution in [-0.2, 0) is 16.1 Å². The van der Waals surface area contributed by atoms with E-state index in [-0.39, 0.29) is 11.9 Å². The van der Waals surface area contributed by atoms with Crippen molar-refractivity contribution < 1.29 is 19.0 Å². The summed E-state index contributed by atoms with van der Waals surface area (Å²) in [6.45, 7) is 10.2. The Kier molecular flexibility index (Phi) is 8.66. The molecule has 1 N–H and O–H groups in total. The van der Waals surface area contributed by atoms with E-state index >= 15 is 0 Å². The van der Waals surface area contributed by atoms with Gasteiger partial charge in [-0.2, -0.15) is 0 Å². The minimum atomic E-state index is -0.122. The zero-order chi connectivity index (χ0) is 17.2. The van der Waals surface area contributed by atoms with E-state index in [0.717, 1.165) is 11.3 Å². The van der Waals surface area contributed by atoms with Crippen LogP contribution in [0.3, 0.4) is 0 Å². The first kappa shape index (κ1) is 19.5. The molecule has 1 atom stereocenters. The lowest BCUT2D eigenvalue weighted by molar-refractivity contribution is 0.0900. The first-order chi connectivity index (χ1) is 11.0. The lowest BCUT2D eigenvalue weighted by atomic mass is 10.1. The van der Waals surface area contributed by atoms with Crippen molar-refractivity contribution in [1.29, 1.82) is 0 Å². The zero-order valence-corrected chi connectivity index (χ0v) is 14.8. The Morgan fingerprint density at radius 2 is 1.96 bits per heavy atom. The van der Waals surface area contributed by atoms with Crippen LogP contribution in [0.1, 0.15) is 43.6 Å². The number of carbonyl (C=O) groups excluding carboxylic acids is 1. The van der Waals surface area contributed by atoms with Gasteiger partial charge in [0.25, 0.3) is 5.91 Å². The topological polar surface area (TPSA) is 56.8 Å². The third-order valence-electron chi connectivity index (χ3n) is 3.13. The van der Waals surface area contributed by atoms with E-state index < -0.39 is 0 Å². The molecule has 0 fully saturated rings. The summed E-state index contributed by atoms with van der Waals surface area (Å²) < 4.78 is 16.3. The van der Waals surface area contributed by atoms with Crippen molar-refractivity contribution in [3.8, 4) is 5.75 Å². The minimum absolute atomic E-state index is 0.0419. The standard InChI is InChI=1S/C18H29NO4/c1-6-23-17-8-7-15(18(20)19-14(4)11-21-5)9-16(17)12-22-10-13(2)3/h7-9,13-14H,6,10-12H2,1-5H3,(H,19,20). The van der Waals surface area contributed by atoms with Gasteiger partial charge in [-0.1, -0.05) is 13.8 Å². The third kappa shape index (κ3) is 7.01. The summed E-state index contributed by atoms with van der Waals surface area (Å²) in [6.07, 6.45) is 0. The number of nitrogens with one attached hydrogen (secondary N) is 1. The van der Waals surface area contributed by atoms with Gasteiger partial charge in [-0.15, -0.1) is 0 Å². The molecule has 0 bridgehead atoms. The molecule has 130 valence electrons. The predicted molar refractivity (Wildman–Crippen MR) is 90.9 cm³/mol. The number of hydrogen-bond acceptors (Lipinski definition) is 4. The second-order valence-corrected chi connectivity index (χ2v) is 5.99. The van der Waals surface area contributed by atoms with E-state index in [1.54, 1.807) is 13.2 Å². The van der Waals surface area contributed by atoms with Gasteiger partial charge in [0.1, 0.15) is 5.75 Å². The van der Waals surface area contributed by atoms with Gasteiger partial charge in [0, 0.05) is 30.9 Å². The van der Waals surface area contributed by atoms with Gasteiger partial charge in [-0.25, -0.2) is 0 Å². The van der Waals surface area contributed by atoms with E-state index in [9.17, 15) is 4.79 Å². The molecule has 0 aliphatic carbocycles. The summed E-state index contributed by atoms with van der Waals surface area (Å²) in [7, 11) is 1.61. The van der Waals surface area contributed by atoms with Crippen molar-refractivity contribution in [2.24, 2.45) is 5.92 Å². The Morgan fingerprint density at radius 3 is 2.57 bits per heavy atom. The summed E-state index contributed by atoms with van der Waals surface area (Å²) in [5.74, 6) is 1.10. The molecule has 0 spiro atoms. The van der Waals surface area contributed by atoms with E-state index in [4.69, 9.17) is 14.2 Å². The molecular weight excluding hydrogens is 294 g/mol. The normalized spacial score (nSPS) is 12.3. The fourth-order valence-electron chi connectivity index (χ4n) is 2.13. The molecule has 0 heterocycles. The van der Waals surface area contributed by atoms with Crippen LogP contribution in [-0.4, -0.2) is 38.9 Å². The highest BCUT2D eigenvalue weighted by Crippen LogP contribution is 2.22. The number of amides is 1. The van der Waals surface area contributed by atoms with Crippen LogP contribution in [0.25, 0.3) is 0 Å². The maximum absolute atomic E-state index is 12.3. The van der Waals surface area contributed by atoms with Gasteiger partial charge in [0.2, 0.25) is 0 Å². The van der Waals surface area contributed by atoms with Crippen LogP contribution in [0.15, 0.2) is 18.2 Å². The van der Waals surface area contributed by atoms with E-state index in [1.807, 2.05) is 26.0 Å². The summed E-state index contributed by atoms with van der Waals surface area (Å²) >= 11 is 0. The van der Waals surface area contributed by atoms with Crippen molar-refractivity contribution >= 4 is 5.91 Å². The Hall–Kier alpha value is -1.59.